The van der Waals surface area contributed by atoms with E-state index in [1.807, 2.05) is 26.8 Å². The van der Waals surface area contributed by atoms with Crippen molar-refractivity contribution in [2.45, 2.75) is 27.2 Å². The standard InChI is InChI=1S/C9H13N.C2H6/c1-3-5-8-6-7-10-9(8)4-2;1-2/h3-5,10H,2,6-7H2,1H3;1-2H3/b5-3-;. The van der Waals surface area contributed by atoms with Crippen molar-refractivity contribution >= 4 is 0 Å². The molecule has 0 unspecified atom stereocenters. The minimum absolute atomic E-state index is 1.06. The van der Waals surface area contributed by atoms with Crippen molar-refractivity contribution in [3.05, 3.63) is 36.1 Å². The summed E-state index contributed by atoms with van der Waals surface area (Å²) < 4.78 is 0. The average Bonchev–Trinajstić information content (AvgIpc) is 2.56. The van der Waals surface area contributed by atoms with Gasteiger partial charge in [-0.05, 0) is 25.0 Å². The third-order valence-corrected chi connectivity index (χ3v) is 1.63. The van der Waals surface area contributed by atoms with Gasteiger partial charge in [0.1, 0.15) is 0 Å². The molecular formula is C11H19N. The molecular weight excluding hydrogens is 146 g/mol. The lowest BCUT2D eigenvalue weighted by molar-refractivity contribution is 0.889. The zero-order valence-corrected chi connectivity index (χ0v) is 8.35. The van der Waals surface area contributed by atoms with Crippen molar-refractivity contribution < 1.29 is 0 Å². The molecule has 0 radical (unpaired) electrons. The molecule has 0 saturated heterocycles. The SMILES string of the molecule is C=CC1=C(/C=C\C)CCN1.CC. The highest BCUT2D eigenvalue weighted by Crippen LogP contribution is 2.14. The number of allylic oxidation sites excluding steroid dienone is 3. The van der Waals surface area contributed by atoms with E-state index in [1.165, 1.54) is 11.3 Å². The van der Waals surface area contributed by atoms with Crippen molar-refractivity contribution in [2.75, 3.05) is 6.54 Å². The first-order valence-electron chi connectivity index (χ1n) is 4.60. The molecule has 0 aromatic rings. The lowest BCUT2D eigenvalue weighted by Gasteiger charge is -1.94. The summed E-state index contributed by atoms with van der Waals surface area (Å²) in [7, 11) is 0. The Morgan fingerprint density at radius 2 is 2.08 bits per heavy atom. The van der Waals surface area contributed by atoms with Gasteiger partial charge < -0.3 is 5.32 Å². The molecule has 1 nitrogen and oxygen atoms in total. The molecule has 1 aliphatic heterocycles. The lowest BCUT2D eigenvalue weighted by atomic mass is 10.2. The Kier molecular flexibility index (Phi) is 6.16. The molecule has 0 spiro atoms. The zero-order valence-electron chi connectivity index (χ0n) is 8.35. The number of hydrogen-bond acceptors (Lipinski definition) is 1. The summed E-state index contributed by atoms with van der Waals surface area (Å²) in [5.74, 6) is 0. The van der Waals surface area contributed by atoms with E-state index in [9.17, 15) is 0 Å². The van der Waals surface area contributed by atoms with E-state index < -0.39 is 0 Å². The molecule has 1 heteroatoms. The molecule has 0 aliphatic carbocycles. The predicted octanol–water partition coefficient (Wildman–Crippen LogP) is 3.02. The van der Waals surface area contributed by atoms with Crippen LogP contribution in [0.3, 0.4) is 0 Å². The highest BCUT2D eigenvalue weighted by Gasteiger charge is 2.06. The van der Waals surface area contributed by atoms with E-state index in [1.54, 1.807) is 0 Å². The first kappa shape index (κ1) is 11.0. The van der Waals surface area contributed by atoms with Gasteiger partial charge in [-0.3, -0.25) is 0 Å². The Bertz CT molecular complexity index is 187. The Balaban J connectivity index is 0.000000561. The topological polar surface area (TPSA) is 12.0 Å². The molecule has 1 N–H and O–H groups in total. The summed E-state index contributed by atoms with van der Waals surface area (Å²) in [6.45, 7) is 10.8. The highest BCUT2D eigenvalue weighted by molar-refractivity contribution is 5.34. The maximum absolute atomic E-state index is 3.72. The molecule has 1 rings (SSSR count). The van der Waals surface area contributed by atoms with Crippen LogP contribution in [0.4, 0.5) is 0 Å². The van der Waals surface area contributed by atoms with Crippen molar-refractivity contribution in [3.63, 3.8) is 0 Å². The van der Waals surface area contributed by atoms with Gasteiger partial charge >= 0.3 is 0 Å². The van der Waals surface area contributed by atoms with Crippen LogP contribution in [0.25, 0.3) is 0 Å². The van der Waals surface area contributed by atoms with Crippen molar-refractivity contribution in [3.8, 4) is 0 Å². The highest BCUT2D eigenvalue weighted by atomic mass is 14.9. The van der Waals surface area contributed by atoms with Gasteiger partial charge in [0.2, 0.25) is 0 Å². The average molecular weight is 165 g/mol. The number of hydrogen-bond donors (Lipinski definition) is 1. The molecule has 68 valence electrons. The molecule has 0 aromatic heterocycles. The fourth-order valence-electron chi connectivity index (χ4n) is 1.16. The lowest BCUT2D eigenvalue weighted by Crippen LogP contribution is -2.04. The Labute approximate surface area is 75.9 Å². The molecule has 0 bridgehead atoms. The molecule has 1 heterocycles. The Morgan fingerprint density at radius 1 is 1.42 bits per heavy atom. The summed E-state index contributed by atoms with van der Waals surface area (Å²) in [5.41, 5.74) is 2.57. The van der Waals surface area contributed by atoms with Crippen LogP contribution in [0.15, 0.2) is 36.1 Å². The van der Waals surface area contributed by atoms with Crippen molar-refractivity contribution in [2.24, 2.45) is 0 Å². The Morgan fingerprint density at radius 3 is 2.58 bits per heavy atom. The van der Waals surface area contributed by atoms with Gasteiger partial charge in [0, 0.05) is 12.2 Å². The second-order valence-electron chi connectivity index (χ2n) is 2.32. The molecule has 0 saturated carbocycles. The summed E-state index contributed by atoms with van der Waals surface area (Å²) in [6, 6.07) is 0. The number of rotatable bonds is 2. The first-order valence-corrected chi connectivity index (χ1v) is 4.60. The Hall–Kier alpha value is -0.980. The fraction of sp³-hybridized carbons (Fsp3) is 0.455. The second-order valence-corrected chi connectivity index (χ2v) is 2.32. The quantitative estimate of drug-likeness (QED) is 0.663. The monoisotopic (exact) mass is 165 g/mol. The van der Waals surface area contributed by atoms with E-state index in [2.05, 4.69) is 24.0 Å². The maximum Gasteiger partial charge on any atom is 0.0367 e. The van der Waals surface area contributed by atoms with Crippen LogP contribution in [0, 0.1) is 0 Å². The summed E-state index contributed by atoms with van der Waals surface area (Å²) in [5, 5.41) is 3.25. The van der Waals surface area contributed by atoms with E-state index in [4.69, 9.17) is 0 Å². The van der Waals surface area contributed by atoms with E-state index in [-0.39, 0.29) is 0 Å². The van der Waals surface area contributed by atoms with Crippen LogP contribution in [0.1, 0.15) is 27.2 Å². The molecule has 0 fully saturated rings. The summed E-state index contributed by atoms with van der Waals surface area (Å²) in [4.78, 5) is 0. The maximum atomic E-state index is 3.72. The van der Waals surface area contributed by atoms with Crippen LogP contribution in [-0.2, 0) is 0 Å². The third kappa shape index (κ3) is 2.95. The normalized spacial score (nSPS) is 15.6. The first-order chi connectivity index (χ1) is 5.88. The van der Waals surface area contributed by atoms with E-state index >= 15 is 0 Å². The van der Waals surface area contributed by atoms with Gasteiger partial charge in [-0.15, -0.1) is 0 Å². The van der Waals surface area contributed by atoms with Gasteiger partial charge in [-0.1, -0.05) is 32.6 Å². The van der Waals surface area contributed by atoms with Gasteiger partial charge in [0.05, 0.1) is 0 Å². The van der Waals surface area contributed by atoms with Gasteiger partial charge in [-0.2, -0.15) is 0 Å². The van der Waals surface area contributed by atoms with E-state index in [0.717, 1.165) is 13.0 Å². The van der Waals surface area contributed by atoms with Crippen LogP contribution < -0.4 is 5.32 Å². The van der Waals surface area contributed by atoms with Gasteiger partial charge in [0.15, 0.2) is 0 Å². The van der Waals surface area contributed by atoms with Crippen LogP contribution >= 0.6 is 0 Å². The molecule has 0 aromatic carbocycles. The zero-order chi connectivity index (χ0) is 9.40. The minimum Gasteiger partial charge on any atom is -0.385 e. The molecule has 12 heavy (non-hydrogen) atoms. The summed E-state index contributed by atoms with van der Waals surface area (Å²) in [6.07, 6.45) is 7.21. The van der Waals surface area contributed by atoms with Crippen LogP contribution in [0.5, 0.6) is 0 Å². The third-order valence-electron chi connectivity index (χ3n) is 1.63. The van der Waals surface area contributed by atoms with Crippen LogP contribution in [0.2, 0.25) is 0 Å². The van der Waals surface area contributed by atoms with Crippen molar-refractivity contribution in [1.29, 1.82) is 0 Å². The molecule has 0 amide bonds. The van der Waals surface area contributed by atoms with Crippen molar-refractivity contribution in [1.82, 2.24) is 5.32 Å². The second kappa shape index (κ2) is 6.71. The van der Waals surface area contributed by atoms with Crippen LogP contribution in [-0.4, -0.2) is 6.54 Å². The summed E-state index contributed by atoms with van der Waals surface area (Å²) >= 11 is 0. The number of nitrogens with one attached hydrogen (secondary N) is 1. The smallest absolute Gasteiger partial charge is 0.0367 e. The van der Waals surface area contributed by atoms with Gasteiger partial charge in [0.25, 0.3) is 0 Å². The van der Waals surface area contributed by atoms with Gasteiger partial charge in [-0.25, -0.2) is 0 Å². The largest absolute Gasteiger partial charge is 0.385 e. The molecule has 0 atom stereocenters. The predicted molar refractivity (Wildman–Crippen MR) is 56.0 cm³/mol. The van der Waals surface area contributed by atoms with E-state index in [0.29, 0.717) is 0 Å². The fourth-order valence-corrected chi connectivity index (χ4v) is 1.16. The molecule has 1 aliphatic rings. The minimum atomic E-state index is 1.06.